The molecule has 6 nitrogen and oxygen atoms in total. The van der Waals surface area contributed by atoms with Gasteiger partial charge in [0.15, 0.2) is 0 Å². The van der Waals surface area contributed by atoms with E-state index in [-0.39, 0.29) is 17.5 Å². The first-order chi connectivity index (χ1) is 12.1. The van der Waals surface area contributed by atoms with Crippen LogP contribution in [-0.4, -0.2) is 26.9 Å². The molecule has 0 unspecified atom stereocenters. The fourth-order valence-electron chi connectivity index (χ4n) is 2.48. The van der Waals surface area contributed by atoms with Crippen LogP contribution in [-0.2, 0) is 0 Å². The van der Waals surface area contributed by atoms with E-state index in [0.29, 0.717) is 28.0 Å². The van der Waals surface area contributed by atoms with Gasteiger partial charge < -0.3 is 16.0 Å². The smallest absolute Gasteiger partial charge is 0.251 e. The number of aromatic amines is 1. The number of carbonyl (C=O) groups excluding carboxylic acids is 1. The second-order valence-corrected chi connectivity index (χ2v) is 5.88. The number of fused-ring (bicyclic) bond motifs is 1. The zero-order valence-electron chi connectivity index (χ0n) is 13.1. The molecule has 4 rings (SSSR count). The van der Waals surface area contributed by atoms with E-state index in [2.05, 4.69) is 32.1 Å². The predicted octanol–water partition coefficient (Wildman–Crippen LogP) is 1.97. The van der Waals surface area contributed by atoms with Crippen molar-refractivity contribution in [3.05, 3.63) is 53.2 Å². The standard InChI is InChI=1S/C18H14FN5O/c19-14-6-3-11(18(25)24-13-4-5-13)7-10(14)1-2-12-8-21-17-15(12)16(20)22-9-23-17/h3,6-9,13H,4-5H2,(H,24,25)(H3,20,21,22,23). The minimum absolute atomic E-state index is 0.146. The summed E-state index contributed by atoms with van der Waals surface area (Å²) in [6.45, 7) is 0. The van der Waals surface area contributed by atoms with Crippen LogP contribution in [0.2, 0.25) is 0 Å². The van der Waals surface area contributed by atoms with E-state index in [1.807, 2.05) is 0 Å². The highest BCUT2D eigenvalue weighted by Crippen LogP contribution is 2.21. The molecule has 0 saturated heterocycles. The van der Waals surface area contributed by atoms with Crippen LogP contribution in [0, 0.1) is 17.7 Å². The highest BCUT2D eigenvalue weighted by molar-refractivity contribution is 5.95. The van der Waals surface area contributed by atoms with Crippen LogP contribution >= 0.6 is 0 Å². The molecule has 1 aromatic carbocycles. The van der Waals surface area contributed by atoms with Gasteiger partial charge in [-0.25, -0.2) is 14.4 Å². The molecule has 0 aliphatic heterocycles. The Morgan fingerprint density at radius 1 is 1.28 bits per heavy atom. The van der Waals surface area contributed by atoms with Crippen molar-refractivity contribution in [2.24, 2.45) is 0 Å². The van der Waals surface area contributed by atoms with Gasteiger partial charge in [-0.05, 0) is 31.0 Å². The van der Waals surface area contributed by atoms with E-state index in [9.17, 15) is 9.18 Å². The number of rotatable bonds is 2. The third kappa shape index (κ3) is 3.02. The van der Waals surface area contributed by atoms with E-state index in [1.54, 1.807) is 6.20 Å². The summed E-state index contributed by atoms with van der Waals surface area (Å²) in [6, 6.07) is 4.39. The van der Waals surface area contributed by atoms with Crippen molar-refractivity contribution < 1.29 is 9.18 Å². The maximum Gasteiger partial charge on any atom is 0.251 e. The van der Waals surface area contributed by atoms with Gasteiger partial charge in [0.05, 0.1) is 16.5 Å². The van der Waals surface area contributed by atoms with E-state index < -0.39 is 5.82 Å². The lowest BCUT2D eigenvalue weighted by Crippen LogP contribution is -2.25. The Labute approximate surface area is 142 Å². The van der Waals surface area contributed by atoms with Crippen LogP contribution in [0.25, 0.3) is 11.0 Å². The van der Waals surface area contributed by atoms with Crippen LogP contribution in [0.4, 0.5) is 10.2 Å². The van der Waals surface area contributed by atoms with Gasteiger partial charge in [0.2, 0.25) is 0 Å². The maximum absolute atomic E-state index is 14.0. The molecule has 0 atom stereocenters. The minimum atomic E-state index is -0.487. The number of nitrogens with two attached hydrogens (primary N) is 1. The highest BCUT2D eigenvalue weighted by atomic mass is 19.1. The molecule has 0 spiro atoms. The van der Waals surface area contributed by atoms with E-state index >= 15 is 0 Å². The molecule has 25 heavy (non-hydrogen) atoms. The predicted molar refractivity (Wildman–Crippen MR) is 91.2 cm³/mol. The summed E-state index contributed by atoms with van der Waals surface area (Å²) in [5.74, 6) is 5.24. The highest BCUT2D eigenvalue weighted by Gasteiger charge is 2.24. The molecule has 4 N–H and O–H groups in total. The van der Waals surface area contributed by atoms with Crippen molar-refractivity contribution in [2.75, 3.05) is 5.73 Å². The lowest BCUT2D eigenvalue weighted by molar-refractivity contribution is 0.0951. The molecule has 3 aromatic rings. The molecule has 1 aliphatic carbocycles. The summed E-state index contributed by atoms with van der Waals surface area (Å²) in [6.07, 6.45) is 4.98. The van der Waals surface area contributed by atoms with Crippen LogP contribution in [0.1, 0.15) is 34.3 Å². The summed E-state index contributed by atoms with van der Waals surface area (Å²) < 4.78 is 14.0. The monoisotopic (exact) mass is 335 g/mol. The van der Waals surface area contributed by atoms with Gasteiger partial charge in [-0.3, -0.25) is 4.79 Å². The lowest BCUT2D eigenvalue weighted by atomic mass is 10.1. The van der Waals surface area contributed by atoms with Crippen LogP contribution in [0.15, 0.2) is 30.7 Å². The van der Waals surface area contributed by atoms with Gasteiger partial charge >= 0.3 is 0 Å². The average molecular weight is 335 g/mol. The summed E-state index contributed by atoms with van der Waals surface area (Å²) in [5.41, 5.74) is 7.52. The lowest BCUT2D eigenvalue weighted by Gasteiger charge is -2.04. The number of halogens is 1. The van der Waals surface area contributed by atoms with E-state index in [1.165, 1.54) is 24.5 Å². The fourth-order valence-corrected chi connectivity index (χ4v) is 2.48. The minimum Gasteiger partial charge on any atom is -0.383 e. The van der Waals surface area contributed by atoms with Crippen LogP contribution < -0.4 is 11.1 Å². The summed E-state index contributed by atoms with van der Waals surface area (Å²) in [5, 5.41) is 3.47. The van der Waals surface area contributed by atoms with E-state index in [4.69, 9.17) is 5.73 Å². The molecule has 7 heteroatoms. The summed E-state index contributed by atoms with van der Waals surface area (Å²) in [7, 11) is 0. The quantitative estimate of drug-likeness (QED) is 0.624. The van der Waals surface area contributed by atoms with Crippen molar-refractivity contribution in [3.63, 3.8) is 0 Å². The average Bonchev–Trinajstić information content (AvgIpc) is 3.31. The Balaban J connectivity index is 1.68. The van der Waals surface area contributed by atoms with Gasteiger partial charge in [0.25, 0.3) is 5.91 Å². The van der Waals surface area contributed by atoms with Gasteiger partial charge in [-0.1, -0.05) is 11.8 Å². The number of aromatic nitrogens is 3. The number of hydrogen-bond donors (Lipinski definition) is 3. The Hall–Kier alpha value is -3.40. The van der Waals surface area contributed by atoms with Gasteiger partial charge in [-0.2, -0.15) is 0 Å². The molecule has 1 saturated carbocycles. The normalized spacial score (nSPS) is 13.3. The van der Waals surface area contributed by atoms with Gasteiger partial charge in [0, 0.05) is 17.8 Å². The second kappa shape index (κ2) is 5.91. The third-order valence-corrected chi connectivity index (χ3v) is 3.97. The molecule has 0 radical (unpaired) electrons. The third-order valence-electron chi connectivity index (χ3n) is 3.97. The number of nitrogens with zero attached hydrogens (tertiary/aromatic N) is 2. The number of nitrogens with one attached hydrogen (secondary N) is 2. The van der Waals surface area contributed by atoms with Crippen molar-refractivity contribution in [1.29, 1.82) is 0 Å². The second-order valence-electron chi connectivity index (χ2n) is 5.88. The largest absolute Gasteiger partial charge is 0.383 e. The maximum atomic E-state index is 14.0. The molecule has 1 aliphatic rings. The number of nitrogen functional groups attached to an aromatic ring is 1. The number of carbonyl (C=O) groups is 1. The Morgan fingerprint density at radius 3 is 2.88 bits per heavy atom. The first kappa shape index (κ1) is 15.1. The van der Waals surface area contributed by atoms with Crippen molar-refractivity contribution in [3.8, 4) is 11.8 Å². The molecular weight excluding hydrogens is 321 g/mol. The van der Waals surface area contributed by atoms with Gasteiger partial charge in [0.1, 0.15) is 23.6 Å². The van der Waals surface area contributed by atoms with Crippen molar-refractivity contribution in [2.45, 2.75) is 18.9 Å². The molecular formula is C18H14FN5O. The zero-order valence-corrected chi connectivity index (χ0v) is 13.1. The summed E-state index contributed by atoms with van der Waals surface area (Å²) >= 11 is 0. The Kier molecular flexibility index (Phi) is 3.58. The number of H-pyrrole nitrogens is 1. The van der Waals surface area contributed by atoms with Crippen LogP contribution in [0.5, 0.6) is 0 Å². The first-order valence-electron chi connectivity index (χ1n) is 7.82. The SMILES string of the molecule is Nc1ncnc2[nH]cc(C#Cc3cc(C(=O)NC4CC4)ccc3F)c12. The number of amides is 1. The molecule has 2 aromatic heterocycles. The van der Waals surface area contributed by atoms with Gasteiger partial charge in [-0.15, -0.1) is 0 Å². The molecule has 1 amide bonds. The molecule has 0 bridgehead atoms. The van der Waals surface area contributed by atoms with E-state index in [0.717, 1.165) is 12.8 Å². The van der Waals surface area contributed by atoms with Crippen LogP contribution in [0.3, 0.4) is 0 Å². The summed E-state index contributed by atoms with van der Waals surface area (Å²) in [4.78, 5) is 23.0. The fraction of sp³-hybridized carbons (Fsp3) is 0.167. The molecule has 2 heterocycles. The first-order valence-corrected chi connectivity index (χ1v) is 7.82. The van der Waals surface area contributed by atoms with Crippen molar-refractivity contribution in [1.82, 2.24) is 20.3 Å². The number of hydrogen-bond acceptors (Lipinski definition) is 4. The molecule has 124 valence electrons. The Bertz CT molecular complexity index is 1040. The number of anilines is 1. The number of benzene rings is 1. The van der Waals surface area contributed by atoms with Crippen molar-refractivity contribution >= 4 is 22.8 Å². The molecule has 1 fully saturated rings. The Morgan fingerprint density at radius 2 is 2.08 bits per heavy atom. The topological polar surface area (TPSA) is 96.7 Å². The zero-order chi connectivity index (χ0) is 17.4.